The van der Waals surface area contributed by atoms with E-state index >= 15 is 0 Å². The monoisotopic (exact) mass is 436 g/mol. The Morgan fingerprint density at radius 2 is 1.82 bits per heavy atom. The summed E-state index contributed by atoms with van der Waals surface area (Å²) in [5.41, 5.74) is 1.17. The second-order valence-corrected chi connectivity index (χ2v) is 8.19. The van der Waals surface area contributed by atoms with Gasteiger partial charge in [-0.25, -0.2) is 4.98 Å². The molecule has 0 fully saturated rings. The van der Waals surface area contributed by atoms with Gasteiger partial charge in [-0.2, -0.15) is 4.72 Å². The summed E-state index contributed by atoms with van der Waals surface area (Å²) < 4.78 is 27.0. The highest BCUT2D eigenvalue weighted by Gasteiger charge is 2.21. The lowest BCUT2D eigenvalue weighted by Gasteiger charge is -2.15. The number of nitrogens with zero attached hydrogens (tertiary/aromatic N) is 2. The zero-order chi connectivity index (χ0) is 20.1. The maximum Gasteiger partial charge on any atom is 0.228 e. The van der Waals surface area contributed by atoms with E-state index in [1.165, 1.54) is 42.9 Å². The van der Waals surface area contributed by atoms with Crippen molar-refractivity contribution in [2.75, 3.05) is 10.0 Å². The summed E-state index contributed by atoms with van der Waals surface area (Å²) >= 11 is 11.8. The standard InChI is InChI=1S/C18H14Cl2N4O3S/c19-15-6-1-12(9-16(15)20)10-18(25)23-13-2-4-14(5-3-13)28(26,27)24-17-11-21-7-8-22-17/h1-9,11H,10H2,(H2-,22,23,24,25,26,27). The number of anilines is 2. The second-order valence-electron chi connectivity index (χ2n) is 5.69. The van der Waals surface area contributed by atoms with Crippen molar-refractivity contribution in [2.45, 2.75) is 11.3 Å². The van der Waals surface area contributed by atoms with Gasteiger partial charge in [0.2, 0.25) is 5.91 Å². The quantitative estimate of drug-likeness (QED) is 0.568. The largest absolute Gasteiger partial charge is 0.588 e. The van der Waals surface area contributed by atoms with Crippen LogP contribution in [0.2, 0.25) is 10.0 Å². The van der Waals surface area contributed by atoms with E-state index in [0.29, 0.717) is 21.3 Å². The van der Waals surface area contributed by atoms with Gasteiger partial charge in [-0.3, -0.25) is 9.78 Å². The number of halogens is 2. The molecule has 0 aliphatic carbocycles. The van der Waals surface area contributed by atoms with Gasteiger partial charge in [0.1, 0.15) is 0 Å². The van der Waals surface area contributed by atoms with Crippen LogP contribution in [0.3, 0.4) is 0 Å². The van der Waals surface area contributed by atoms with Crippen LogP contribution in [-0.4, -0.2) is 20.4 Å². The molecule has 10 heteroatoms. The first-order valence-electron chi connectivity index (χ1n) is 7.96. The van der Waals surface area contributed by atoms with Crippen LogP contribution in [-0.2, 0) is 25.8 Å². The summed E-state index contributed by atoms with van der Waals surface area (Å²) in [6.45, 7) is 0. The highest BCUT2D eigenvalue weighted by Crippen LogP contribution is 2.23. The van der Waals surface area contributed by atoms with Crippen molar-refractivity contribution in [1.29, 1.82) is 0 Å². The van der Waals surface area contributed by atoms with Gasteiger partial charge < -0.3 is 9.87 Å². The molecule has 1 atom stereocenters. The average Bonchev–Trinajstić information content (AvgIpc) is 2.65. The summed E-state index contributed by atoms with van der Waals surface area (Å²) in [5.74, 6) is -0.159. The first-order chi connectivity index (χ1) is 13.3. The minimum atomic E-state index is -3.81. The number of rotatable bonds is 6. The molecule has 1 heterocycles. The Morgan fingerprint density at radius 3 is 2.46 bits per heavy atom. The predicted octanol–water partition coefficient (Wildman–Crippen LogP) is 3.98. The number of hydrogen-bond acceptors (Lipinski definition) is 5. The van der Waals surface area contributed by atoms with Gasteiger partial charge in [-0.05, 0) is 42.0 Å². The maximum absolute atomic E-state index is 12.3. The van der Waals surface area contributed by atoms with Crippen LogP contribution in [0.1, 0.15) is 5.56 Å². The number of aromatic nitrogens is 2. The van der Waals surface area contributed by atoms with Crippen LogP contribution in [0.5, 0.6) is 0 Å². The fourth-order valence-electron chi connectivity index (χ4n) is 2.31. The topological polar surface area (TPSA) is 107 Å². The van der Waals surface area contributed by atoms with Gasteiger partial charge in [0.25, 0.3) is 0 Å². The number of hydrogen-bond donors (Lipinski definition) is 2. The fourth-order valence-corrected chi connectivity index (χ4v) is 3.62. The first-order valence-corrected chi connectivity index (χ1v) is 10.2. The third-order valence-corrected chi connectivity index (χ3v) is 5.71. The van der Waals surface area contributed by atoms with Crippen molar-refractivity contribution in [3.8, 4) is 0 Å². The number of carbonyl (C=O) groups is 1. The molecular formula is C18H14Cl2N4O3S. The Morgan fingerprint density at radius 1 is 1.07 bits per heavy atom. The molecule has 1 aromatic heterocycles. The van der Waals surface area contributed by atoms with Crippen molar-refractivity contribution in [3.63, 3.8) is 0 Å². The van der Waals surface area contributed by atoms with Crippen molar-refractivity contribution in [2.24, 2.45) is 0 Å². The molecule has 0 aliphatic heterocycles. The Kier molecular flexibility index (Phi) is 6.25. The molecule has 1 amide bonds. The Balaban J connectivity index is 1.64. The van der Waals surface area contributed by atoms with Crippen molar-refractivity contribution in [1.82, 2.24) is 9.97 Å². The van der Waals surface area contributed by atoms with Crippen LogP contribution in [0.25, 0.3) is 0 Å². The highest BCUT2D eigenvalue weighted by atomic mass is 35.5. The van der Waals surface area contributed by atoms with Gasteiger partial charge in [0.15, 0.2) is 21.1 Å². The van der Waals surface area contributed by atoms with Gasteiger partial charge in [-0.1, -0.05) is 33.5 Å². The summed E-state index contributed by atoms with van der Waals surface area (Å²) in [7, 11) is -3.81. The molecule has 3 rings (SSSR count). The first kappa shape index (κ1) is 20.2. The molecule has 144 valence electrons. The minimum Gasteiger partial charge on any atom is -0.588 e. The lowest BCUT2D eigenvalue weighted by atomic mass is 10.1. The molecule has 1 unspecified atom stereocenters. The molecule has 0 aliphatic rings. The zero-order valence-corrected chi connectivity index (χ0v) is 16.6. The number of nitrogens with one attached hydrogen (secondary N) is 2. The van der Waals surface area contributed by atoms with E-state index in [1.807, 2.05) is 0 Å². The van der Waals surface area contributed by atoms with Crippen LogP contribution >= 0.6 is 23.2 Å². The third-order valence-electron chi connectivity index (χ3n) is 3.60. The number of carbonyl (C=O) groups excluding carboxylic acids is 1. The van der Waals surface area contributed by atoms with Gasteiger partial charge >= 0.3 is 0 Å². The van der Waals surface area contributed by atoms with E-state index < -0.39 is 10.4 Å². The van der Waals surface area contributed by atoms with E-state index in [9.17, 15) is 13.6 Å². The van der Waals surface area contributed by atoms with E-state index in [1.54, 1.807) is 18.2 Å². The molecule has 7 nitrogen and oxygen atoms in total. The second kappa shape index (κ2) is 8.66. The smallest absolute Gasteiger partial charge is 0.228 e. The van der Waals surface area contributed by atoms with Gasteiger partial charge in [-0.15, -0.1) is 0 Å². The number of sulfonamides is 1. The molecule has 0 bridgehead atoms. The molecule has 0 radical (unpaired) electrons. The summed E-state index contributed by atoms with van der Waals surface area (Å²) in [4.78, 5) is 19.9. The SMILES string of the molecule is O=C(Cc1ccc(Cl)c(Cl)c1)Nc1ccc([S+](=O)([O-])Nc2cnccn2)cc1. The molecular weight excluding hydrogens is 423 g/mol. The van der Waals surface area contributed by atoms with E-state index in [2.05, 4.69) is 20.0 Å². The zero-order valence-electron chi connectivity index (χ0n) is 14.3. The average molecular weight is 437 g/mol. The normalized spacial score (nSPS) is 12.8. The van der Waals surface area contributed by atoms with Crippen LogP contribution in [0.15, 0.2) is 66.0 Å². The van der Waals surface area contributed by atoms with Gasteiger partial charge in [0.05, 0.1) is 22.7 Å². The number of benzene rings is 2. The van der Waals surface area contributed by atoms with Crippen molar-refractivity contribution >= 4 is 51.0 Å². The molecule has 0 saturated heterocycles. The molecule has 3 aromatic rings. The van der Waals surface area contributed by atoms with Crippen LogP contribution < -0.4 is 10.0 Å². The molecule has 0 spiro atoms. The maximum atomic E-state index is 12.3. The summed E-state index contributed by atoms with van der Waals surface area (Å²) in [6, 6.07) is 10.7. The molecule has 2 N–H and O–H groups in total. The van der Waals surface area contributed by atoms with Crippen LogP contribution in [0, 0.1) is 0 Å². The molecule has 28 heavy (non-hydrogen) atoms. The van der Waals surface area contributed by atoms with Crippen molar-refractivity contribution in [3.05, 3.63) is 76.7 Å². The lowest BCUT2D eigenvalue weighted by Crippen LogP contribution is -2.21. The van der Waals surface area contributed by atoms with Crippen molar-refractivity contribution < 1.29 is 13.6 Å². The molecule has 0 saturated carbocycles. The molecule has 2 aromatic carbocycles. The van der Waals surface area contributed by atoms with Gasteiger partial charge in [0, 0.05) is 18.1 Å². The van der Waals surface area contributed by atoms with E-state index in [0.717, 1.165) is 0 Å². The summed E-state index contributed by atoms with van der Waals surface area (Å²) in [5, 5.41) is 3.49. The Bertz CT molecular complexity index is 1030. The third kappa shape index (κ3) is 5.26. The Hall–Kier alpha value is -2.52. The Labute approximate surface area is 172 Å². The highest BCUT2D eigenvalue weighted by molar-refractivity contribution is 7.98. The lowest BCUT2D eigenvalue weighted by molar-refractivity contribution is -0.115. The fraction of sp³-hybridized carbons (Fsp3) is 0.0556. The minimum absolute atomic E-state index is 0.0284. The van der Waals surface area contributed by atoms with E-state index in [4.69, 9.17) is 23.2 Å². The van der Waals surface area contributed by atoms with E-state index in [-0.39, 0.29) is 23.0 Å². The predicted molar refractivity (Wildman–Crippen MR) is 108 cm³/mol. The van der Waals surface area contributed by atoms with Crippen LogP contribution in [0.4, 0.5) is 11.5 Å². The number of amides is 1. The summed E-state index contributed by atoms with van der Waals surface area (Å²) in [6.07, 6.45) is 4.22.